The van der Waals surface area contributed by atoms with Gasteiger partial charge < -0.3 is 19.9 Å². The van der Waals surface area contributed by atoms with Crippen molar-refractivity contribution in [2.45, 2.75) is 6.92 Å². The molecule has 1 aliphatic rings. The summed E-state index contributed by atoms with van der Waals surface area (Å²) in [5, 5.41) is 12.8. The average Bonchev–Trinajstić information content (AvgIpc) is 3.27. The van der Waals surface area contributed by atoms with E-state index in [2.05, 4.69) is 43.2 Å². The fourth-order valence-electron chi connectivity index (χ4n) is 3.25. The topological polar surface area (TPSA) is 107 Å². The van der Waals surface area contributed by atoms with Crippen LogP contribution in [-0.4, -0.2) is 58.9 Å². The van der Waals surface area contributed by atoms with Crippen molar-refractivity contribution in [2.75, 3.05) is 43.4 Å². The van der Waals surface area contributed by atoms with Crippen LogP contribution in [0.15, 0.2) is 48.7 Å². The minimum absolute atomic E-state index is 0.0657. The van der Waals surface area contributed by atoms with E-state index in [1.54, 1.807) is 37.3 Å². The van der Waals surface area contributed by atoms with Gasteiger partial charge in [-0.25, -0.2) is 4.98 Å². The Balaban J connectivity index is 1.59. The van der Waals surface area contributed by atoms with Crippen molar-refractivity contribution in [3.8, 4) is 17.8 Å². The van der Waals surface area contributed by atoms with E-state index < -0.39 is 0 Å². The first-order valence-corrected chi connectivity index (χ1v) is 11.3. The molecule has 168 valence electrons. The molecule has 33 heavy (non-hydrogen) atoms. The smallest absolute Gasteiger partial charge is 0.325 e. The summed E-state index contributed by atoms with van der Waals surface area (Å²) in [6.07, 6.45) is 4.75. The molecular weight excluding hydrogens is 438 g/mol. The van der Waals surface area contributed by atoms with Gasteiger partial charge in [0.25, 0.3) is 0 Å². The van der Waals surface area contributed by atoms with Crippen LogP contribution >= 0.6 is 11.3 Å². The molecule has 3 aromatic rings. The van der Waals surface area contributed by atoms with Crippen molar-refractivity contribution >= 4 is 33.9 Å². The van der Waals surface area contributed by atoms with Gasteiger partial charge >= 0.3 is 6.01 Å². The highest BCUT2D eigenvalue weighted by molar-refractivity contribution is 7.16. The summed E-state index contributed by atoms with van der Waals surface area (Å²) in [6, 6.07) is 11.0. The first-order chi connectivity index (χ1) is 16.0. The van der Waals surface area contributed by atoms with E-state index in [1.807, 2.05) is 6.07 Å². The number of nitrogens with one attached hydrogen (secondary N) is 1. The van der Waals surface area contributed by atoms with Crippen LogP contribution in [0.4, 0.5) is 16.8 Å². The molecule has 0 saturated carbocycles. The maximum Gasteiger partial charge on any atom is 0.325 e. The molecule has 2 aromatic heterocycles. The number of carbonyl (C=O) groups is 1. The molecule has 1 saturated heterocycles. The molecule has 0 bridgehead atoms. The summed E-state index contributed by atoms with van der Waals surface area (Å²) in [5.41, 5.74) is 0.576. The molecule has 9 nitrogen and oxygen atoms in total. The summed E-state index contributed by atoms with van der Waals surface area (Å²) in [7, 11) is 2.10. The number of ether oxygens (including phenoxy) is 1. The fourth-order valence-corrected chi connectivity index (χ4v) is 3.87. The monoisotopic (exact) mass is 461 g/mol. The van der Waals surface area contributed by atoms with Gasteiger partial charge in [-0.3, -0.25) is 4.79 Å². The van der Waals surface area contributed by atoms with Gasteiger partial charge in [0.2, 0.25) is 0 Å². The van der Waals surface area contributed by atoms with Crippen LogP contribution in [0.1, 0.15) is 22.2 Å². The molecule has 0 atom stereocenters. The first kappa shape index (κ1) is 22.4. The molecule has 1 aliphatic heterocycles. The van der Waals surface area contributed by atoms with Gasteiger partial charge in [0.05, 0.1) is 6.20 Å². The standard InChI is InChI=1S/C23H23N7O2S/c1-3-4-19(31)16-5-7-17(8-6-16)32-22-26-20(27-23-25-15-18(14-24)33-23)13-21(28-22)30-11-9-29(2)10-12-30/h3-8,13,15H,9-12H2,1-2H3,(H,25,26,27,28). The van der Waals surface area contributed by atoms with Crippen LogP contribution in [0.25, 0.3) is 0 Å². The third-order valence-corrected chi connectivity index (χ3v) is 5.85. The van der Waals surface area contributed by atoms with Gasteiger partial charge in [0.15, 0.2) is 10.9 Å². The average molecular weight is 462 g/mol. The van der Waals surface area contributed by atoms with E-state index in [0.29, 0.717) is 27.1 Å². The van der Waals surface area contributed by atoms with Crippen molar-refractivity contribution in [2.24, 2.45) is 0 Å². The van der Waals surface area contributed by atoms with Crippen LogP contribution in [0.2, 0.25) is 0 Å². The van der Waals surface area contributed by atoms with Crippen molar-refractivity contribution in [1.82, 2.24) is 19.9 Å². The Hall–Kier alpha value is -3.81. The summed E-state index contributed by atoms with van der Waals surface area (Å²) in [6.45, 7) is 5.35. The molecule has 0 unspecified atom stereocenters. The molecule has 0 spiro atoms. The summed E-state index contributed by atoms with van der Waals surface area (Å²) < 4.78 is 5.93. The van der Waals surface area contributed by atoms with E-state index in [4.69, 9.17) is 10.00 Å². The number of nitriles is 1. The van der Waals surface area contributed by atoms with Gasteiger partial charge in [-0.2, -0.15) is 15.2 Å². The zero-order valence-electron chi connectivity index (χ0n) is 18.4. The number of anilines is 3. The number of likely N-dealkylation sites (N-methyl/N-ethyl adjacent to an activating group) is 1. The van der Waals surface area contributed by atoms with Crippen molar-refractivity contribution in [3.63, 3.8) is 0 Å². The number of thiazole rings is 1. The predicted octanol–water partition coefficient (Wildman–Crippen LogP) is 3.85. The molecule has 1 aromatic carbocycles. The number of ketones is 1. The lowest BCUT2D eigenvalue weighted by atomic mass is 10.1. The SMILES string of the molecule is CC=CC(=O)c1ccc(Oc2nc(Nc3ncc(C#N)s3)cc(N3CCN(C)CC3)n2)cc1. The lowest BCUT2D eigenvalue weighted by molar-refractivity contribution is 0.104. The maximum atomic E-state index is 12.0. The summed E-state index contributed by atoms with van der Waals surface area (Å²) in [5.74, 6) is 1.72. The highest BCUT2D eigenvalue weighted by Gasteiger charge is 2.18. The van der Waals surface area contributed by atoms with Crippen LogP contribution in [-0.2, 0) is 0 Å². The lowest BCUT2D eigenvalue weighted by Crippen LogP contribution is -2.44. The number of hydrogen-bond acceptors (Lipinski definition) is 10. The Kier molecular flexibility index (Phi) is 6.92. The number of benzene rings is 1. The minimum atomic E-state index is -0.0657. The zero-order valence-corrected chi connectivity index (χ0v) is 19.2. The van der Waals surface area contributed by atoms with Gasteiger partial charge in [0, 0.05) is 37.8 Å². The van der Waals surface area contributed by atoms with Gasteiger partial charge in [-0.15, -0.1) is 0 Å². The molecule has 0 aliphatic carbocycles. The zero-order chi connectivity index (χ0) is 23.2. The van der Waals surface area contributed by atoms with E-state index in [1.165, 1.54) is 23.6 Å². The van der Waals surface area contributed by atoms with Crippen LogP contribution in [0.5, 0.6) is 11.8 Å². The Bertz CT molecular complexity index is 1190. The van der Waals surface area contributed by atoms with Gasteiger partial charge in [-0.1, -0.05) is 17.4 Å². The summed E-state index contributed by atoms with van der Waals surface area (Å²) >= 11 is 1.25. The van der Waals surface area contributed by atoms with Crippen LogP contribution in [0, 0.1) is 11.3 Å². The Morgan fingerprint density at radius 3 is 2.64 bits per heavy atom. The fraction of sp³-hybridized carbons (Fsp3) is 0.261. The largest absolute Gasteiger partial charge is 0.424 e. The number of piperazine rings is 1. The second-order valence-electron chi connectivity index (χ2n) is 7.44. The van der Waals surface area contributed by atoms with Crippen molar-refractivity contribution in [3.05, 3.63) is 59.1 Å². The number of carbonyl (C=O) groups excluding carboxylic acids is 1. The minimum Gasteiger partial charge on any atom is -0.424 e. The van der Waals surface area contributed by atoms with E-state index >= 15 is 0 Å². The number of allylic oxidation sites excluding steroid dienone is 2. The van der Waals surface area contributed by atoms with E-state index in [0.717, 1.165) is 32.0 Å². The molecular formula is C23H23N7O2S. The normalized spacial score (nSPS) is 14.3. The molecule has 1 fully saturated rings. The van der Waals surface area contributed by atoms with Gasteiger partial charge in [-0.05, 0) is 44.3 Å². The Morgan fingerprint density at radius 2 is 1.97 bits per heavy atom. The third kappa shape index (κ3) is 5.71. The molecule has 3 heterocycles. The van der Waals surface area contributed by atoms with Crippen LogP contribution < -0.4 is 15.0 Å². The predicted molar refractivity (Wildman–Crippen MR) is 128 cm³/mol. The van der Waals surface area contributed by atoms with Crippen molar-refractivity contribution < 1.29 is 9.53 Å². The highest BCUT2D eigenvalue weighted by atomic mass is 32.1. The van der Waals surface area contributed by atoms with Crippen LogP contribution in [0.3, 0.4) is 0 Å². The first-order valence-electron chi connectivity index (χ1n) is 10.4. The molecule has 1 N–H and O–H groups in total. The third-order valence-electron chi connectivity index (χ3n) is 5.04. The lowest BCUT2D eigenvalue weighted by Gasteiger charge is -2.33. The Labute approximate surface area is 196 Å². The van der Waals surface area contributed by atoms with Crippen molar-refractivity contribution in [1.29, 1.82) is 5.26 Å². The molecule has 0 radical (unpaired) electrons. The van der Waals surface area contributed by atoms with E-state index in [-0.39, 0.29) is 11.8 Å². The number of rotatable bonds is 7. The molecule has 0 amide bonds. The molecule has 10 heteroatoms. The van der Waals surface area contributed by atoms with E-state index in [9.17, 15) is 4.79 Å². The number of aromatic nitrogens is 3. The Morgan fingerprint density at radius 1 is 1.21 bits per heavy atom. The molecule has 4 rings (SSSR count). The second-order valence-corrected chi connectivity index (χ2v) is 8.47. The summed E-state index contributed by atoms with van der Waals surface area (Å²) in [4.78, 5) is 30.3. The number of hydrogen-bond donors (Lipinski definition) is 1. The highest BCUT2D eigenvalue weighted by Crippen LogP contribution is 2.28. The maximum absolute atomic E-state index is 12.0. The second kappa shape index (κ2) is 10.2. The number of nitrogens with zero attached hydrogens (tertiary/aromatic N) is 6. The van der Waals surface area contributed by atoms with Gasteiger partial charge in [0.1, 0.15) is 28.3 Å². The quantitative estimate of drug-likeness (QED) is 0.414.